The van der Waals surface area contributed by atoms with Crippen molar-refractivity contribution in [1.82, 2.24) is 15.0 Å². The molecular formula is C11H6Cl2N4O3. The number of hydrogen-bond acceptors (Lipinski definition) is 5. The molecule has 0 aliphatic carbocycles. The van der Waals surface area contributed by atoms with Crippen molar-refractivity contribution in [1.29, 1.82) is 0 Å². The zero-order valence-corrected chi connectivity index (χ0v) is 11.2. The fourth-order valence-corrected chi connectivity index (χ4v) is 1.79. The lowest BCUT2D eigenvalue weighted by molar-refractivity contribution is 0.0691. The van der Waals surface area contributed by atoms with Crippen LogP contribution in [0.15, 0.2) is 24.7 Å². The summed E-state index contributed by atoms with van der Waals surface area (Å²) in [5.74, 6) is -2.05. The molecule has 7 nitrogen and oxygen atoms in total. The number of anilines is 1. The molecule has 0 fully saturated rings. The molecule has 0 aromatic carbocycles. The van der Waals surface area contributed by atoms with Gasteiger partial charge in [0, 0.05) is 6.20 Å². The fourth-order valence-electron chi connectivity index (χ4n) is 1.38. The van der Waals surface area contributed by atoms with Crippen LogP contribution in [0.5, 0.6) is 0 Å². The highest BCUT2D eigenvalue weighted by Crippen LogP contribution is 2.26. The smallest absolute Gasteiger partial charge is 0.338 e. The molecule has 0 spiro atoms. The first-order chi connectivity index (χ1) is 9.50. The minimum Gasteiger partial charge on any atom is -0.478 e. The zero-order chi connectivity index (χ0) is 14.7. The predicted octanol–water partition coefficient (Wildman–Crippen LogP) is 2.13. The molecule has 9 heteroatoms. The van der Waals surface area contributed by atoms with Crippen molar-refractivity contribution in [2.24, 2.45) is 0 Å². The fraction of sp³-hybridized carbons (Fsp3) is 0. The van der Waals surface area contributed by atoms with Crippen molar-refractivity contribution >= 4 is 40.8 Å². The average Bonchev–Trinajstić information content (AvgIpc) is 2.43. The molecule has 0 saturated heterocycles. The van der Waals surface area contributed by atoms with Crippen LogP contribution in [0.3, 0.4) is 0 Å². The highest BCUT2D eigenvalue weighted by Gasteiger charge is 2.20. The monoisotopic (exact) mass is 312 g/mol. The van der Waals surface area contributed by atoms with Gasteiger partial charge < -0.3 is 10.4 Å². The second-order valence-electron chi connectivity index (χ2n) is 3.49. The third-order valence-electron chi connectivity index (χ3n) is 2.25. The Bertz CT molecular complexity index is 673. The maximum absolute atomic E-state index is 12.0. The summed E-state index contributed by atoms with van der Waals surface area (Å²) in [4.78, 5) is 34.1. The second kappa shape index (κ2) is 5.81. The number of carbonyl (C=O) groups is 2. The molecule has 0 radical (unpaired) electrons. The predicted molar refractivity (Wildman–Crippen MR) is 71.2 cm³/mol. The summed E-state index contributed by atoms with van der Waals surface area (Å²) in [5, 5.41) is 11.2. The number of nitrogens with one attached hydrogen (secondary N) is 1. The Hall–Kier alpha value is -2.25. The summed E-state index contributed by atoms with van der Waals surface area (Å²) >= 11 is 11.6. The molecule has 0 aliphatic rings. The number of aromatic nitrogens is 3. The van der Waals surface area contributed by atoms with Gasteiger partial charge in [0.05, 0.1) is 5.56 Å². The molecular weight excluding hydrogens is 307 g/mol. The van der Waals surface area contributed by atoms with Crippen molar-refractivity contribution in [2.45, 2.75) is 0 Å². The molecule has 1 amide bonds. The quantitative estimate of drug-likeness (QED) is 0.841. The van der Waals surface area contributed by atoms with Gasteiger partial charge in [-0.25, -0.2) is 14.8 Å². The maximum atomic E-state index is 12.0. The van der Waals surface area contributed by atoms with E-state index in [0.717, 1.165) is 6.33 Å². The molecule has 0 atom stereocenters. The highest BCUT2D eigenvalue weighted by molar-refractivity contribution is 6.38. The molecule has 0 bridgehead atoms. The lowest BCUT2D eigenvalue weighted by atomic mass is 10.2. The molecule has 2 aromatic rings. The van der Waals surface area contributed by atoms with Crippen molar-refractivity contribution in [3.8, 4) is 0 Å². The molecule has 102 valence electrons. The van der Waals surface area contributed by atoms with E-state index < -0.39 is 11.9 Å². The summed E-state index contributed by atoms with van der Waals surface area (Å²) in [6, 6.07) is 2.67. The van der Waals surface area contributed by atoms with Crippen LogP contribution in [-0.2, 0) is 0 Å². The number of aromatic carboxylic acids is 1. The van der Waals surface area contributed by atoms with E-state index in [-0.39, 0.29) is 27.3 Å². The first-order valence-electron chi connectivity index (χ1n) is 5.16. The summed E-state index contributed by atoms with van der Waals surface area (Å²) in [7, 11) is 0. The van der Waals surface area contributed by atoms with Crippen LogP contribution in [0.2, 0.25) is 10.3 Å². The van der Waals surface area contributed by atoms with Gasteiger partial charge in [0.1, 0.15) is 17.7 Å². The van der Waals surface area contributed by atoms with Crippen molar-refractivity contribution < 1.29 is 14.7 Å². The standard InChI is InChI=1S/C11H6Cl2N4O3/c12-8-7(9(13)16-4-15-8)17-10(18)6-5(11(19)20)2-1-3-14-6/h1-4H,(H,17,18)(H,19,20). The van der Waals surface area contributed by atoms with E-state index in [1.807, 2.05) is 0 Å². The molecule has 2 heterocycles. The number of hydrogen-bond donors (Lipinski definition) is 2. The molecule has 0 aliphatic heterocycles. The molecule has 0 saturated carbocycles. The van der Waals surface area contributed by atoms with Gasteiger partial charge in [-0.05, 0) is 12.1 Å². The third kappa shape index (κ3) is 2.84. The zero-order valence-electron chi connectivity index (χ0n) is 9.67. The number of carboxylic acid groups (broad SMARTS) is 1. The van der Waals surface area contributed by atoms with Crippen LogP contribution in [-0.4, -0.2) is 31.9 Å². The van der Waals surface area contributed by atoms with E-state index >= 15 is 0 Å². The van der Waals surface area contributed by atoms with Crippen LogP contribution in [0.4, 0.5) is 5.69 Å². The van der Waals surface area contributed by atoms with Gasteiger partial charge >= 0.3 is 5.97 Å². The maximum Gasteiger partial charge on any atom is 0.338 e. The van der Waals surface area contributed by atoms with E-state index in [4.69, 9.17) is 28.3 Å². The summed E-state index contributed by atoms with van der Waals surface area (Å²) in [6.07, 6.45) is 2.43. The van der Waals surface area contributed by atoms with Crippen LogP contribution < -0.4 is 5.32 Å². The van der Waals surface area contributed by atoms with Gasteiger partial charge in [-0.3, -0.25) is 9.78 Å². The summed E-state index contributed by atoms with van der Waals surface area (Å²) in [5.41, 5.74) is -0.520. The number of halogens is 2. The van der Waals surface area contributed by atoms with Gasteiger partial charge in [-0.1, -0.05) is 23.2 Å². The number of carbonyl (C=O) groups excluding carboxylic acids is 1. The number of nitrogens with zero attached hydrogens (tertiary/aromatic N) is 3. The lowest BCUT2D eigenvalue weighted by Crippen LogP contribution is -2.19. The van der Waals surface area contributed by atoms with Crippen LogP contribution in [0.1, 0.15) is 20.8 Å². The lowest BCUT2D eigenvalue weighted by Gasteiger charge is -2.08. The van der Waals surface area contributed by atoms with Crippen molar-refractivity contribution in [3.63, 3.8) is 0 Å². The molecule has 0 unspecified atom stereocenters. The molecule has 20 heavy (non-hydrogen) atoms. The van der Waals surface area contributed by atoms with Gasteiger partial charge in [0.25, 0.3) is 5.91 Å². The van der Waals surface area contributed by atoms with E-state index in [2.05, 4.69) is 20.3 Å². The largest absolute Gasteiger partial charge is 0.478 e. The van der Waals surface area contributed by atoms with E-state index in [1.54, 1.807) is 0 Å². The van der Waals surface area contributed by atoms with Crippen LogP contribution in [0.25, 0.3) is 0 Å². The first kappa shape index (κ1) is 14.2. The first-order valence-corrected chi connectivity index (χ1v) is 5.92. The van der Waals surface area contributed by atoms with Crippen molar-refractivity contribution in [3.05, 3.63) is 46.2 Å². The Labute approximate surface area is 122 Å². The molecule has 2 rings (SSSR count). The number of pyridine rings is 1. The summed E-state index contributed by atoms with van der Waals surface area (Å²) in [6.45, 7) is 0. The van der Waals surface area contributed by atoms with E-state index in [0.29, 0.717) is 0 Å². The Morgan fingerprint density at radius 1 is 1.15 bits per heavy atom. The Balaban J connectivity index is 2.36. The second-order valence-corrected chi connectivity index (χ2v) is 4.21. The Morgan fingerprint density at radius 2 is 1.80 bits per heavy atom. The highest BCUT2D eigenvalue weighted by atomic mass is 35.5. The van der Waals surface area contributed by atoms with Crippen molar-refractivity contribution in [2.75, 3.05) is 5.32 Å². The Morgan fingerprint density at radius 3 is 2.40 bits per heavy atom. The SMILES string of the molecule is O=C(O)c1cccnc1C(=O)Nc1c(Cl)ncnc1Cl. The van der Waals surface area contributed by atoms with Gasteiger partial charge in [0.2, 0.25) is 0 Å². The van der Waals surface area contributed by atoms with Gasteiger partial charge in [-0.2, -0.15) is 0 Å². The van der Waals surface area contributed by atoms with Gasteiger partial charge in [-0.15, -0.1) is 0 Å². The van der Waals surface area contributed by atoms with Crippen LogP contribution >= 0.6 is 23.2 Å². The number of rotatable bonds is 3. The molecule has 2 N–H and O–H groups in total. The van der Waals surface area contributed by atoms with E-state index in [9.17, 15) is 9.59 Å². The molecule has 2 aromatic heterocycles. The average molecular weight is 313 g/mol. The minimum absolute atomic E-state index is 0.0113. The number of carboxylic acids is 1. The van der Waals surface area contributed by atoms with Gasteiger partial charge in [0.15, 0.2) is 10.3 Å². The number of amides is 1. The Kier molecular flexibility index (Phi) is 4.11. The summed E-state index contributed by atoms with van der Waals surface area (Å²) < 4.78 is 0. The van der Waals surface area contributed by atoms with Crippen LogP contribution in [0, 0.1) is 0 Å². The third-order valence-corrected chi connectivity index (χ3v) is 2.82. The topological polar surface area (TPSA) is 105 Å². The normalized spacial score (nSPS) is 10.1. The minimum atomic E-state index is -1.27. The van der Waals surface area contributed by atoms with E-state index in [1.165, 1.54) is 18.3 Å².